The lowest BCUT2D eigenvalue weighted by molar-refractivity contribution is -0.612. The maximum Gasteiger partial charge on any atom is 0.266 e. The lowest BCUT2D eigenvalue weighted by Gasteiger charge is -2.11. The SMILES string of the molecule is CCCCCCCCCCn1cc(CC(C)c2ccccc2)[n+](-c2ccccc2)c1Cc1ccccc1. The summed E-state index contributed by atoms with van der Waals surface area (Å²) < 4.78 is 5.10. The molecule has 4 aromatic rings. The Morgan fingerprint density at radius 2 is 1.24 bits per heavy atom. The molecule has 0 saturated carbocycles. The number of hydrogen-bond donors (Lipinski definition) is 0. The number of para-hydroxylation sites is 1. The van der Waals surface area contributed by atoms with Gasteiger partial charge in [0.25, 0.3) is 5.82 Å². The third-order valence-electron chi connectivity index (χ3n) is 7.54. The smallest absolute Gasteiger partial charge is 0.233 e. The molecule has 4 rings (SSSR count). The molecule has 0 aliphatic rings. The second-order valence-electron chi connectivity index (χ2n) is 10.6. The van der Waals surface area contributed by atoms with Crippen molar-refractivity contribution in [2.45, 2.75) is 90.5 Å². The van der Waals surface area contributed by atoms with Gasteiger partial charge in [0.15, 0.2) is 0 Å². The molecule has 0 aliphatic heterocycles. The minimum absolute atomic E-state index is 0.458. The molecule has 3 aromatic carbocycles. The molecular formula is C35H45N2+. The summed E-state index contributed by atoms with van der Waals surface area (Å²) in [5, 5.41) is 0. The Hall–Kier alpha value is -3.13. The predicted molar refractivity (Wildman–Crippen MR) is 156 cm³/mol. The monoisotopic (exact) mass is 493 g/mol. The van der Waals surface area contributed by atoms with E-state index in [2.05, 4.69) is 120 Å². The molecule has 1 aromatic heterocycles. The van der Waals surface area contributed by atoms with E-state index in [1.54, 1.807) is 0 Å². The van der Waals surface area contributed by atoms with Crippen molar-refractivity contribution in [3.63, 3.8) is 0 Å². The lowest BCUT2D eigenvalue weighted by atomic mass is 9.96. The molecule has 2 nitrogen and oxygen atoms in total. The van der Waals surface area contributed by atoms with Gasteiger partial charge >= 0.3 is 0 Å². The molecule has 2 heteroatoms. The van der Waals surface area contributed by atoms with Crippen molar-refractivity contribution in [1.82, 2.24) is 4.57 Å². The van der Waals surface area contributed by atoms with Crippen LogP contribution in [0.25, 0.3) is 5.69 Å². The fourth-order valence-corrected chi connectivity index (χ4v) is 5.42. The van der Waals surface area contributed by atoms with Crippen molar-refractivity contribution in [3.05, 3.63) is 120 Å². The van der Waals surface area contributed by atoms with Gasteiger partial charge in [0.05, 0.1) is 13.0 Å². The Bertz CT molecular complexity index is 1160. The Labute approximate surface area is 225 Å². The summed E-state index contributed by atoms with van der Waals surface area (Å²) in [5.41, 5.74) is 5.43. The molecule has 0 fully saturated rings. The number of imidazole rings is 1. The minimum atomic E-state index is 0.458. The topological polar surface area (TPSA) is 8.81 Å². The minimum Gasteiger partial charge on any atom is -0.233 e. The van der Waals surface area contributed by atoms with Crippen LogP contribution in [0.1, 0.15) is 93.8 Å². The molecule has 0 radical (unpaired) electrons. The zero-order chi connectivity index (χ0) is 25.7. The Morgan fingerprint density at radius 1 is 0.676 bits per heavy atom. The highest BCUT2D eigenvalue weighted by molar-refractivity contribution is 5.26. The van der Waals surface area contributed by atoms with Gasteiger partial charge in [0, 0.05) is 6.42 Å². The largest absolute Gasteiger partial charge is 0.266 e. The van der Waals surface area contributed by atoms with E-state index in [-0.39, 0.29) is 0 Å². The van der Waals surface area contributed by atoms with Gasteiger partial charge in [-0.25, -0.2) is 4.57 Å². The number of aryl methyl sites for hydroxylation is 1. The highest BCUT2D eigenvalue weighted by Gasteiger charge is 2.26. The number of rotatable bonds is 15. The molecule has 0 N–H and O–H groups in total. The van der Waals surface area contributed by atoms with Crippen LogP contribution in [0, 0.1) is 0 Å². The summed E-state index contributed by atoms with van der Waals surface area (Å²) >= 11 is 0. The normalized spacial score (nSPS) is 12.1. The predicted octanol–water partition coefficient (Wildman–Crippen LogP) is 8.84. The summed E-state index contributed by atoms with van der Waals surface area (Å²) in [4.78, 5) is 0. The summed E-state index contributed by atoms with van der Waals surface area (Å²) in [7, 11) is 0. The van der Waals surface area contributed by atoms with Gasteiger partial charge in [-0.3, -0.25) is 0 Å². The van der Waals surface area contributed by atoms with Gasteiger partial charge in [0.2, 0.25) is 0 Å². The molecule has 0 saturated heterocycles. The number of benzene rings is 3. The van der Waals surface area contributed by atoms with Crippen molar-refractivity contribution in [2.75, 3.05) is 0 Å². The van der Waals surface area contributed by atoms with E-state index in [4.69, 9.17) is 0 Å². The van der Waals surface area contributed by atoms with E-state index in [0.29, 0.717) is 5.92 Å². The first-order chi connectivity index (χ1) is 18.3. The molecule has 1 unspecified atom stereocenters. The molecule has 37 heavy (non-hydrogen) atoms. The molecule has 0 spiro atoms. The van der Waals surface area contributed by atoms with Gasteiger partial charge < -0.3 is 0 Å². The third kappa shape index (κ3) is 7.92. The van der Waals surface area contributed by atoms with Crippen LogP contribution in [0.15, 0.2) is 97.2 Å². The molecule has 194 valence electrons. The molecule has 0 aliphatic carbocycles. The average molecular weight is 494 g/mol. The van der Waals surface area contributed by atoms with Gasteiger partial charge in [0.1, 0.15) is 17.6 Å². The Balaban J connectivity index is 1.60. The summed E-state index contributed by atoms with van der Waals surface area (Å²) in [5.74, 6) is 1.84. The average Bonchev–Trinajstić information content (AvgIpc) is 3.27. The highest BCUT2D eigenvalue weighted by atomic mass is 15.2. The number of nitrogens with zero attached hydrogens (tertiary/aromatic N) is 2. The first-order valence-corrected chi connectivity index (χ1v) is 14.5. The van der Waals surface area contributed by atoms with E-state index in [1.807, 2.05) is 0 Å². The van der Waals surface area contributed by atoms with Crippen molar-refractivity contribution in [3.8, 4) is 5.69 Å². The second kappa shape index (κ2) is 14.6. The van der Waals surface area contributed by atoms with Gasteiger partial charge in [-0.05, 0) is 42.0 Å². The van der Waals surface area contributed by atoms with Crippen LogP contribution in [0.5, 0.6) is 0 Å². The Kier molecular flexibility index (Phi) is 10.6. The van der Waals surface area contributed by atoms with E-state index in [0.717, 1.165) is 19.4 Å². The van der Waals surface area contributed by atoms with Crippen LogP contribution < -0.4 is 4.57 Å². The molecular weight excluding hydrogens is 448 g/mol. The van der Waals surface area contributed by atoms with Crippen LogP contribution in [0.3, 0.4) is 0 Å². The van der Waals surface area contributed by atoms with Crippen molar-refractivity contribution in [2.24, 2.45) is 0 Å². The van der Waals surface area contributed by atoms with Gasteiger partial charge in [-0.2, -0.15) is 4.57 Å². The van der Waals surface area contributed by atoms with E-state index >= 15 is 0 Å². The van der Waals surface area contributed by atoms with E-state index in [1.165, 1.54) is 79.7 Å². The van der Waals surface area contributed by atoms with Crippen molar-refractivity contribution >= 4 is 0 Å². The zero-order valence-corrected chi connectivity index (χ0v) is 23.0. The summed E-state index contributed by atoms with van der Waals surface area (Å²) in [6.45, 7) is 5.74. The maximum atomic E-state index is 2.56. The van der Waals surface area contributed by atoms with Crippen LogP contribution in [-0.2, 0) is 19.4 Å². The van der Waals surface area contributed by atoms with E-state index < -0.39 is 0 Å². The molecule has 0 amide bonds. The summed E-state index contributed by atoms with van der Waals surface area (Å²) in [6.07, 6.45) is 15.2. The van der Waals surface area contributed by atoms with Crippen molar-refractivity contribution in [1.29, 1.82) is 0 Å². The molecule has 1 atom stereocenters. The fourth-order valence-electron chi connectivity index (χ4n) is 5.42. The standard InChI is InChI=1S/C35H45N2/c1-3-4-5-6-7-8-9-19-26-36-29-34(27-30(2)32-22-15-11-16-23-32)37(33-24-17-12-18-25-33)35(36)28-31-20-13-10-14-21-31/h10-18,20-25,29-30H,3-9,19,26-28H2,1-2H3/q+1. The first-order valence-electron chi connectivity index (χ1n) is 14.5. The van der Waals surface area contributed by atoms with Gasteiger partial charge in [-0.15, -0.1) is 0 Å². The van der Waals surface area contributed by atoms with Crippen LogP contribution in [0.4, 0.5) is 0 Å². The number of hydrogen-bond acceptors (Lipinski definition) is 0. The first kappa shape index (κ1) is 26.9. The van der Waals surface area contributed by atoms with Crippen LogP contribution >= 0.6 is 0 Å². The van der Waals surface area contributed by atoms with Crippen LogP contribution in [-0.4, -0.2) is 4.57 Å². The van der Waals surface area contributed by atoms with E-state index in [9.17, 15) is 0 Å². The fraction of sp³-hybridized carbons (Fsp3) is 0.400. The van der Waals surface area contributed by atoms with Gasteiger partial charge in [-0.1, -0.05) is 131 Å². The second-order valence-corrected chi connectivity index (χ2v) is 10.6. The summed E-state index contributed by atoms with van der Waals surface area (Å²) in [6, 6.07) is 32.9. The molecule has 1 heterocycles. The number of unbranched alkanes of at least 4 members (excludes halogenated alkanes) is 7. The van der Waals surface area contributed by atoms with Crippen LogP contribution in [0.2, 0.25) is 0 Å². The quantitative estimate of drug-likeness (QED) is 0.115. The lowest BCUT2D eigenvalue weighted by Crippen LogP contribution is -2.39. The van der Waals surface area contributed by atoms with Crippen molar-refractivity contribution < 1.29 is 4.57 Å². The number of aromatic nitrogens is 2. The third-order valence-corrected chi connectivity index (χ3v) is 7.54. The molecule has 0 bridgehead atoms. The maximum absolute atomic E-state index is 2.56. The zero-order valence-electron chi connectivity index (χ0n) is 23.0. The Morgan fingerprint density at radius 3 is 1.89 bits per heavy atom. The highest BCUT2D eigenvalue weighted by Crippen LogP contribution is 2.22.